The van der Waals surface area contributed by atoms with Crippen molar-refractivity contribution in [1.29, 1.82) is 0 Å². The lowest BCUT2D eigenvalue weighted by Crippen LogP contribution is -2.37. The molecule has 7 rings (SSSR count). The number of pyridine rings is 1. The van der Waals surface area contributed by atoms with Gasteiger partial charge in [-0.15, -0.1) is 0 Å². The summed E-state index contributed by atoms with van der Waals surface area (Å²) in [5.41, 5.74) is 13.2. The Balaban J connectivity index is 1.18. The van der Waals surface area contributed by atoms with Gasteiger partial charge >= 0.3 is 0 Å². The number of amides is 2. The first-order valence-electron chi connectivity index (χ1n) is 14.5. The van der Waals surface area contributed by atoms with E-state index in [1.54, 1.807) is 10.9 Å². The molecule has 2 aromatic carbocycles. The minimum absolute atomic E-state index is 0.154. The molecular formula is C32H32N6O5. The van der Waals surface area contributed by atoms with Crippen LogP contribution in [0.5, 0.6) is 11.5 Å². The number of morpholine rings is 1. The second-order valence-corrected chi connectivity index (χ2v) is 11.0. The summed E-state index contributed by atoms with van der Waals surface area (Å²) in [6.45, 7) is 6.24. The highest BCUT2D eigenvalue weighted by atomic mass is 16.7. The van der Waals surface area contributed by atoms with Crippen LogP contribution in [0.2, 0.25) is 0 Å². The Morgan fingerprint density at radius 3 is 2.70 bits per heavy atom. The number of carbonyl (C=O) groups is 2. The van der Waals surface area contributed by atoms with Gasteiger partial charge in [-0.05, 0) is 61.2 Å². The van der Waals surface area contributed by atoms with E-state index in [2.05, 4.69) is 20.3 Å². The summed E-state index contributed by atoms with van der Waals surface area (Å²) in [6, 6.07) is 13.3. The molecular weight excluding hydrogens is 548 g/mol. The van der Waals surface area contributed by atoms with E-state index >= 15 is 0 Å². The highest BCUT2D eigenvalue weighted by molar-refractivity contribution is 6.05. The Labute approximate surface area is 248 Å². The smallest absolute Gasteiger partial charge is 0.269 e. The van der Waals surface area contributed by atoms with Gasteiger partial charge < -0.3 is 25.3 Å². The molecule has 0 unspecified atom stereocenters. The Hall–Kier alpha value is -4.74. The molecule has 11 heteroatoms. The molecule has 4 aromatic rings. The number of rotatable bonds is 7. The second-order valence-electron chi connectivity index (χ2n) is 11.0. The largest absolute Gasteiger partial charge is 0.454 e. The van der Waals surface area contributed by atoms with Crippen molar-refractivity contribution in [2.24, 2.45) is 5.73 Å². The number of benzene rings is 2. The summed E-state index contributed by atoms with van der Waals surface area (Å²) < 4.78 is 18.2. The molecule has 1 fully saturated rings. The predicted molar refractivity (Wildman–Crippen MR) is 159 cm³/mol. The van der Waals surface area contributed by atoms with Crippen molar-refractivity contribution >= 4 is 17.5 Å². The molecule has 3 aliphatic rings. The van der Waals surface area contributed by atoms with Gasteiger partial charge in [-0.25, -0.2) is 4.68 Å². The molecule has 43 heavy (non-hydrogen) atoms. The Morgan fingerprint density at radius 1 is 1.02 bits per heavy atom. The first-order chi connectivity index (χ1) is 20.9. The Kier molecular flexibility index (Phi) is 7.04. The van der Waals surface area contributed by atoms with Crippen molar-refractivity contribution in [2.45, 2.75) is 26.2 Å². The maximum atomic E-state index is 13.5. The molecule has 0 atom stereocenters. The fourth-order valence-corrected chi connectivity index (χ4v) is 5.96. The van der Waals surface area contributed by atoms with Gasteiger partial charge in [0.05, 0.1) is 24.6 Å². The van der Waals surface area contributed by atoms with E-state index in [-0.39, 0.29) is 18.4 Å². The zero-order valence-corrected chi connectivity index (χ0v) is 23.9. The van der Waals surface area contributed by atoms with Gasteiger partial charge in [0.2, 0.25) is 6.79 Å². The number of fused-ring (bicyclic) bond motifs is 4. The zero-order chi connectivity index (χ0) is 29.5. The number of ether oxygens (including phenoxy) is 3. The average molecular weight is 581 g/mol. The summed E-state index contributed by atoms with van der Waals surface area (Å²) in [5.74, 6) is 0.476. The normalized spacial score (nSPS) is 15.6. The van der Waals surface area contributed by atoms with Gasteiger partial charge in [0.15, 0.2) is 17.2 Å². The molecule has 0 spiro atoms. The quantitative estimate of drug-likeness (QED) is 0.340. The highest BCUT2D eigenvalue weighted by Crippen LogP contribution is 2.40. The number of nitrogens with two attached hydrogens (primary N) is 1. The molecule has 2 amide bonds. The third kappa shape index (κ3) is 5.21. The molecule has 4 heterocycles. The Bertz CT molecular complexity index is 1740. The van der Waals surface area contributed by atoms with Crippen LogP contribution in [0, 0.1) is 6.92 Å². The van der Waals surface area contributed by atoms with E-state index in [0.717, 1.165) is 79.3 Å². The lowest BCUT2D eigenvalue weighted by Gasteiger charge is -2.26. The zero-order valence-electron chi connectivity index (χ0n) is 23.9. The van der Waals surface area contributed by atoms with Gasteiger partial charge in [-0.1, -0.05) is 6.07 Å². The maximum Gasteiger partial charge on any atom is 0.269 e. The maximum absolute atomic E-state index is 13.5. The van der Waals surface area contributed by atoms with E-state index in [9.17, 15) is 9.59 Å². The molecule has 220 valence electrons. The van der Waals surface area contributed by atoms with Crippen molar-refractivity contribution in [3.05, 3.63) is 82.3 Å². The van der Waals surface area contributed by atoms with E-state index in [1.807, 2.05) is 49.4 Å². The van der Waals surface area contributed by atoms with E-state index in [0.29, 0.717) is 34.9 Å². The first kappa shape index (κ1) is 27.1. The number of aryl methyl sites for hydroxylation is 2. The van der Waals surface area contributed by atoms with Crippen LogP contribution in [0.4, 0.5) is 5.69 Å². The van der Waals surface area contributed by atoms with Crippen LogP contribution in [0.1, 0.15) is 43.2 Å². The van der Waals surface area contributed by atoms with Gasteiger partial charge in [-0.2, -0.15) is 5.10 Å². The van der Waals surface area contributed by atoms with Crippen molar-refractivity contribution in [1.82, 2.24) is 19.7 Å². The topological polar surface area (TPSA) is 134 Å². The number of carbonyl (C=O) groups excluding carboxylic acids is 2. The van der Waals surface area contributed by atoms with Crippen LogP contribution in [-0.2, 0) is 24.0 Å². The number of hydrogen-bond donors (Lipinski definition) is 2. The lowest BCUT2D eigenvalue weighted by molar-refractivity contribution is 0.0383. The van der Waals surface area contributed by atoms with E-state index < -0.39 is 5.91 Å². The Morgan fingerprint density at radius 2 is 1.86 bits per heavy atom. The second kappa shape index (κ2) is 11.2. The minimum Gasteiger partial charge on any atom is -0.454 e. The summed E-state index contributed by atoms with van der Waals surface area (Å²) in [5, 5.41) is 7.72. The lowest BCUT2D eigenvalue weighted by atomic mass is 9.88. The first-order valence-corrected chi connectivity index (χ1v) is 14.5. The van der Waals surface area contributed by atoms with Crippen molar-refractivity contribution in [2.75, 3.05) is 45.0 Å². The summed E-state index contributed by atoms with van der Waals surface area (Å²) in [4.78, 5) is 32.9. The van der Waals surface area contributed by atoms with Crippen LogP contribution in [-0.4, -0.2) is 71.1 Å². The van der Waals surface area contributed by atoms with Crippen LogP contribution in [0.15, 0.2) is 48.7 Å². The van der Waals surface area contributed by atoms with Crippen molar-refractivity contribution < 1.29 is 23.8 Å². The average Bonchev–Trinajstić information content (AvgIpc) is 3.66. The minimum atomic E-state index is -0.582. The van der Waals surface area contributed by atoms with Crippen LogP contribution < -0.4 is 20.5 Å². The molecule has 2 aliphatic heterocycles. The molecule has 0 bridgehead atoms. The molecule has 3 N–H and O–H groups in total. The van der Waals surface area contributed by atoms with Gasteiger partial charge in [0, 0.05) is 66.4 Å². The molecule has 1 saturated heterocycles. The van der Waals surface area contributed by atoms with Crippen LogP contribution in [0.3, 0.4) is 0 Å². The van der Waals surface area contributed by atoms with Crippen molar-refractivity contribution in [3.63, 3.8) is 0 Å². The monoisotopic (exact) mass is 580 g/mol. The number of hydrogen-bond acceptors (Lipinski definition) is 8. The van der Waals surface area contributed by atoms with Crippen LogP contribution >= 0.6 is 0 Å². The third-order valence-corrected chi connectivity index (χ3v) is 8.28. The summed E-state index contributed by atoms with van der Waals surface area (Å²) in [6.07, 6.45) is 3.87. The van der Waals surface area contributed by atoms with Gasteiger partial charge in [-0.3, -0.25) is 19.5 Å². The fraction of sp³-hybridized carbons (Fsp3) is 0.312. The standard InChI is InChI=1S/C32H32N6O5/c1-19-17-34-21(8-9-37-10-12-41-13-11-37)14-25(19)32(40)35-22-4-2-20-3-6-24-29(31(33)39)36-38(30(24)26(20)15-22)23-5-7-27-28(16-23)43-18-42-27/h2,4-5,7,14-17H,3,6,8-13,18H2,1H3,(H2,33,39)(H,35,40). The highest BCUT2D eigenvalue weighted by Gasteiger charge is 2.29. The number of anilines is 1. The number of aromatic nitrogens is 3. The van der Waals surface area contributed by atoms with Crippen LogP contribution in [0.25, 0.3) is 16.9 Å². The molecule has 2 aromatic heterocycles. The van der Waals surface area contributed by atoms with Gasteiger partial charge in [0.1, 0.15) is 0 Å². The fourth-order valence-electron chi connectivity index (χ4n) is 5.96. The summed E-state index contributed by atoms with van der Waals surface area (Å²) >= 11 is 0. The van der Waals surface area contributed by atoms with E-state index in [1.165, 1.54) is 0 Å². The SMILES string of the molecule is Cc1cnc(CCN2CCOCC2)cc1C(=O)Nc1ccc2c(c1)-c1c(c(C(N)=O)nn1-c1ccc3c(c1)OCO3)CC2. The number of nitrogens with zero attached hydrogens (tertiary/aromatic N) is 4. The molecule has 11 nitrogen and oxygen atoms in total. The van der Waals surface area contributed by atoms with Gasteiger partial charge in [0.25, 0.3) is 11.8 Å². The number of primary amides is 1. The molecule has 1 aliphatic carbocycles. The summed E-state index contributed by atoms with van der Waals surface area (Å²) in [7, 11) is 0. The van der Waals surface area contributed by atoms with Crippen molar-refractivity contribution in [3.8, 4) is 28.4 Å². The third-order valence-electron chi connectivity index (χ3n) is 8.28. The number of nitrogens with one attached hydrogen (secondary N) is 1. The molecule has 0 radical (unpaired) electrons. The van der Waals surface area contributed by atoms with E-state index in [4.69, 9.17) is 19.9 Å². The predicted octanol–water partition coefficient (Wildman–Crippen LogP) is 3.30. The molecule has 0 saturated carbocycles.